The average Bonchev–Trinajstić information content (AvgIpc) is 2.54. The summed E-state index contributed by atoms with van der Waals surface area (Å²) in [4.78, 5) is 23.5. The van der Waals surface area contributed by atoms with Crippen LogP contribution in [0.2, 0.25) is 10.0 Å². The Bertz CT molecular complexity index is 843. The lowest BCUT2D eigenvalue weighted by atomic mass is 10.2. The maximum atomic E-state index is 11.8. The summed E-state index contributed by atoms with van der Waals surface area (Å²) in [6, 6.07) is 9.36. The normalized spacial score (nSPS) is 10.7. The van der Waals surface area contributed by atoms with E-state index in [1.54, 1.807) is 18.2 Å². The van der Waals surface area contributed by atoms with Gasteiger partial charge in [-0.05, 0) is 36.4 Å². The Morgan fingerprint density at radius 1 is 1.12 bits per heavy atom. The van der Waals surface area contributed by atoms with E-state index < -0.39 is 18.2 Å². The van der Waals surface area contributed by atoms with Crippen LogP contribution in [0, 0.1) is 0 Å². The molecule has 9 heteroatoms. The molecule has 0 bridgehead atoms. The Kier molecular flexibility index (Phi) is 6.81. The number of phenolic OH excluding ortho intramolecular Hbond substituents is 1. The van der Waals surface area contributed by atoms with Crippen molar-refractivity contribution < 1.29 is 14.7 Å². The van der Waals surface area contributed by atoms with Crippen molar-refractivity contribution in [3.63, 3.8) is 0 Å². The number of amides is 2. The van der Waals surface area contributed by atoms with Gasteiger partial charge in [0.25, 0.3) is 0 Å². The number of nitrogens with zero attached hydrogens (tertiary/aromatic N) is 1. The van der Waals surface area contributed by atoms with E-state index in [-0.39, 0.29) is 5.75 Å². The summed E-state index contributed by atoms with van der Waals surface area (Å²) < 4.78 is 0.749. The summed E-state index contributed by atoms with van der Waals surface area (Å²) in [6.45, 7) is 0. The van der Waals surface area contributed by atoms with Gasteiger partial charge in [0.15, 0.2) is 0 Å². The van der Waals surface area contributed by atoms with Crippen molar-refractivity contribution in [1.29, 1.82) is 0 Å². The van der Waals surface area contributed by atoms with Crippen molar-refractivity contribution in [2.45, 2.75) is 6.42 Å². The number of benzene rings is 2. The zero-order valence-corrected chi connectivity index (χ0v) is 15.7. The molecule has 0 aliphatic rings. The maximum absolute atomic E-state index is 11.8. The minimum Gasteiger partial charge on any atom is -0.507 e. The highest BCUT2D eigenvalue weighted by Crippen LogP contribution is 2.25. The predicted octanol–water partition coefficient (Wildman–Crippen LogP) is 3.94. The third-order valence-corrected chi connectivity index (χ3v) is 4.14. The van der Waals surface area contributed by atoms with Gasteiger partial charge in [0.1, 0.15) is 12.2 Å². The quantitative estimate of drug-likeness (QED) is 0.370. The van der Waals surface area contributed by atoms with E-state index in [2.05, 4.69) is 31.8 Å². The number of carbonyl (C=O) groups is 2. The number of hydrazone groups is 1. The third-order valence-electron chi connectivity index (χ3n) is 2.91. The summed E-state index contributed by atoms with van der Waals surface area (Å²) >= 11 is 14.9. The van der Waals surface area contributed by atoms with Crippen LogP contribution >= 0.6 is 39.1 Å². The lowest BCUT2D eigenvalue weighted by Crippen LogP contribution is -2.24. The van der Waals surface area contributed by atoms with Crippen LogP contribution in [0.4, 0.5) is 5.69 Å². The molecule has 2 aromatic rings. The predicted molar refractivity (Wildman–Crippen MR) is 101 cm³/mol. The molecule has 25 heavy (non-hydrogen) atoms. The molecule has 2 rings (SSSR count). The number of aromatic hydroxyl groups is 1. The van der Waals surface area contributed by atoms with Gasteiger partial charge in [0.2, 0.25) is 11.8 Å². The maximum Gasteiger partial charge on any atom is 0.249 e. The lowest BCUT2D eigenvalue weighted by molar-refractivity contribution is -0.126. The summed E-state index contributed by atoms with van der Waals surface area (Å²) in [7, 11) is 0. The topological polar surface area (TPSA) is 90.8 Å². The van der Waals surface area contributed by atoms with E-state index in [1.807, 2.05) is 0 Å². The second-order valence-corrected chi connectivity index (χ2v) is 6.58. The monoisotopic (exact) mass is 443 g/mol. The number of hydrogen-bond acceptors (Lipinski definition) is 4. The van der Waals surface area contributed by atoms with Gasteiger partial charge >= 0.3 is 0 Å². The van der Waals surface area contributed by atoms with Gasteiger partial charge in [-0.2, -0.15) is 5.10 Å². The number of halogens is 3. The van der Waals surface area contributed by atoms with E-state index in [1.165, 1.54) is 24.4 Å². The number of rotatable bonds is 5. The fourth-order valence-electron chi connectivity index (χ4n) is 1.77. The second-order valence-electron chi connectivity index (χ2n) is 4.85. The molecule has 130 valence electrons. The van der Waals surface area contributed by atoms with Crippen molar-refractivity contribution in [3.05, 3.63) is 56.5 Å². The second kappa shape index (κ2) is 8.84. The molecule has 0 aliphatic heterocycles. The molecule has 0 saturated heterocycles. The van der Waals surface area contributed by atoms with Crippen LogP contribution in [0.5, 0.6) is 5.75 Å². The first kappa shape index (κ1) is 19.2. The molecule has 0 spiro atoms. The summed E-state index contributed by atoms with van der Waals surface area (Å²) in [5.74, 6) is -1.13. The van der Waals surface area contributed by atoms with Crippen LogP contribution < -0.4 is 10.7 Å². The molecule has 0 atom stereocenters. The highest BCUT2D eigenvalue weighted by molar-refractivity contribution is 9.10. The Labute approximate surface area is 162 Å². The molecule has 0 heterocycles. The number of carbonyl (C=O) groups excluding carboxylic acids is 2. The highest BCUT2D eigenvalue weighted by Gasteiger charge is 2.10. The SMILES string of the molecule is O=C(CC(=O)Nc1ccc(Cl)c(Cl)c1)N/N=C/c1cc(Br)ccc1O. The minimum atomic E-state index is -0.608. The molecule has 2 amide bonds. The van der Waals surface area contributed by atoms with Gasteiger partial charge in [-0.15, -0.1) is 0 Å². The lowest BCUT2D eigenvalue weighted by Gasteiger charge is -2.05. The van der Waals surface area contributed by atoms with Gasteiger partial charge in [-0.1, -0.05) is 39.1 Å². The summed E-state index contributed by atoms with van der Waals surface area (Å²) in [5, 5.41) is 16.5. The van der Waals surface area contributed by atoms with Gasteiger partial charge < -0.3 is 10.4 Å². The van der Waals surface area contributed by atoms with Crippen LogP contribution in [-0.2, 0) is 9.59 Å². The molecular weight excluding hydrogens is 433 g/mol. The van der Waals surface area contributed by atoms with Gasteiger partial charge in [-0.3, -0.25) is 9.59 Å². The van der Waals surface area contributed by atoms with Crippen LogP contribution in [-0.4, -0.2) is 23.1 Å². The van der Waals surface area contributed by atoms with Crippen molar-refractivity contribution in [3.8, 4) is 5.75 Å². The first-order chi connectivity index (χ1) is 11.8. The zero-order valence-electron chi connectivity index (χ0n) is 12.6. The Morgan fingerprint density at radius 3 is 2.60 bits per heavy atom. The minimum absolute atomic E-state index is 0.0126. The Hall–Kier alpha value is -2.09. The van der Waals surface area contributed by atoms with E-state index >= 15 is 0 Å². The van der Waals surface area contributed by atoms with E-state index in [0.717, 1.165) is 4.47 Å². The Balaban J connectivity index is 1.87. The number of nitrogens with one attached hydrogen (secondary N) is 2. The smallest absolute Gasteiger partial charge is 0.249 e. The molecular formula is C16H12BrCl2N3O3. The molecule has 0 aliphatic carbocycles. The average molecular weight is 445 g/mol. The fraction of sp³-hybridized carbons (Fsp3) is 0.0625. The van der Waals surface area contributed by atoms with E-state index in [4.69, 9.17) is 23.2 Å². The van der Waals surface area contributed by atoms with Crippen LogP contribution in [0.15, 0.2) is 46.0 Å². The summed E-state index contributed by atoms with van der Waals surface area (Å²) in [6.07, 6.45) is 0.844. The first-order valence-electron chi connectivity index (χ1n) is 6.90. The van der Waals surface area contributed by atoms with Gasteiger partial charge in [0.05, 0.1) is 16.3 Å². The van der Waals surface area contributed by atoms with E-state index in [9.17, 15) is 14.7 Å². The van der Waals surface area contributed by atoms with Crippen molar-refractivity contribution in [2.75, 3.05) is 5.32 Å². The molecule has 6 nitrogen and oxygen atoms in total. The number of phenols is 1. The molecule has 0 fully saturated rings. The summed E-state index contributed by atoms with van der Waals surface area (Å²) in [5.41, 5.74) is 3.05. The van der Waals surface area contributed by atoms with Crippen LogP contribution in [0.25, 0.3) is 0 Å². The first-order valence-corrected chi connectivity index (χ1v) is 8.45. The largest absolute Gasteiger partial charge is 0.507 e. The van der Waals surface area contributed by atoms with Crippen LogP contribution in [0.3, 0.4) is 0 Å². The number of hydrogen-bond donors (Lipinski definition) is 3. The van der Waals surface area contributed by atoms with Crippen molar-refractivity contribution in [2.24, 2.45) is 5.10 Å². The van der Waals surface area contributed by atoms with Gasteiger partial charge in [-0.25, -0.2) is 5.43 Å². The standard InChI is InChI=1S/C16H12BrCl2N3O3/c17-10-1-4-14(23)9(5-10)8-20-22-16(25)7-15(24)21-11-2-3-12(18)13(19)6-11/h1-6,8,23H,7H2,(H,21,24)(H,22,25)/b20-8+. The molecule has 2 aromatic carbocycles. The molecule has 0 unspecified atom stereocenters. The fourth-order valence-corrected chi connectivity index (χ4v) is 2.44. The molecule has 0 aromatic heterocycles. The van der Waals surface area contributed by atoms with Gasteiger partial charge in [0, 0.05) is 15.7 Å². The molecule has 3 N–H and O–H groups in total. The number of anilines is 1. The van der Waals surface area contributed by atoms with Crippen LogP contribution in [0.1, 0.15) is 12.0 Å². The third kappa shape index (κ3) is 6.04. The molecule has 0 radical (unpaired) electrons. The molecule has 0 saturated carbocycles. The van der Waals surface area contributed by atoms with E-state index in [0.29, 0.717) is 21.3 Å². The van der Waals surface area contributed by atoms with Crippen molar-refractivity contribution >= 4 is 62.8 Å². The highest BCUT2D eigenvalue weighted by atomic mass is 79.9. The zero-order chi connectivity index (χ0) is 18.4. The van der Waals surface area contributed by atoms with Crippen molar-refractivity contribution in [1.82, 2.24) is 5.43 Å². The Morgan fingerprint density at radius 2 is 1.88 bits per heavy atom.